The molecule has 0 aromatic rings. The van der Waals surface area contributed by atoms with Gasteiger partial charge in [-0.15, -0.1) is 0 Å². The summed E-state index contributed by atoms with van der Waals surface area (Å²) in [5, 5.41) is 0. The second-order valence-electron chi connectivity index (χ2n) is 8.00. The number of nitrogens with zero attached hydrogens (tertiary/aromatic N) is 2. The third kappa shape index (κ3) is 4.04. The summed E-state index contributed by atoms with van der Waals surface area (Å²) in [6.45, 7) is 7.00. The van der Waals surface area contributed by atoms with Gasteiger partial charge in [-0.3, -0.25) is 4.79 Å². The van der Waals surface area contributed by atoms with E-state index >= 15 is 0 Å². The molecule has 22 heavy (non-hydrogen) atoms. The van der Waals surface area contributed by atoms with Gasteiger partial charge in [0.15, 0.2) is 0 Å². The molecule has 0 N–H and O–H groups in total. The van der Waals surface area contributed by atoms with Crippen LogP contribution >= 0.6 is 0 Å². The van der Waals surface area contributed by atoms with E-state index in [9.17, 15) is 4.79 Å². The molecule has 3 nitrogen and oxygen atoms in total. The fourth-order valence-electron chi connectivity index (χ4n) is 4.61. The van der Waals surface area contributed by atoms with E-state index in [0.29, 0.717) is 17.9 Å². The average Bonchev–Trinajstić information content (AvgIpc) is 2.97. The molecule has 3 fully saturated rings. The molecule has 1 saturated carbocycles. The van der Waals surface area contributed by atoms with Crippen LogP contribution in [0.2, 0.25) is 0 Å². The molecule has 1 aliphatic carbocycles. The Hall–Kier alpha value is -0.570. The Balaban J connectivity index is 1.61. The zero-order valence-corrected chi connectivity index (χ0v) is 14.4. The minimum atomic E-state index is 0.349. The number of piperidine rings is 1. The molecular weight excluding hydrogens is 272 g/mol. The smallest absolute Gasteiger partial charge is 0.225 e. The molecule has 126 valence electrons. The number of likely N-dealkylation sites (tertiary alicyclic amines) is 2. The van der Waals surface area contributed by atoms with Gasteiger partial charge in [0.1, 0.15) is 0 Å². The van der Waals surface area contributed by atoms with Crippen LogP contribution in [0.4, 0.5) is 0 Å². The van der Waals surface area contributed by atoms with Crippen molar-refractivity contribution in [3.8, 4) is 0 Å². The predicted octanol–water partition coefficient (Wildman–Crippen LogP) is 3.68. The summed E-state index contributed by atoms with van der Waals surface area (Å²) in [6, 6.07) is 0.490. The fraction of sp³-hybridized carbons (Fsp3) is 0.947. The van der Waals surface area contributed by atoms with Crippen LogP contribution in [0, 0.1) is 11.8 Å². The molecule has 0 bridgehead atoms. The maximum absolute atomic E-state index is 13.0. The minimum absolute atomic E-state index is 0.349. The van der Waals surface area contributed by atoms with Crippen LogP contribution in [0.3, 0.4) is 0 Å². The number of hydrogen-bond donors (Lipinski definition) is 0. The van der Waals surface area contributed by atoms with E-state index in [1.54, 1.807) is 0 Å². The molecule has 3 aliphatic rings. The summed E-state index contributed by atoms with van der Waals surface area (Å²) < 4.78 is 0. The topological polar surface area (TPSA) is 23.6 Å². The highest BCUT2D eigenvalue weighted by molar-refractivity contribution is 5.79. The van der Waals surface area contributed by atoms with Crippen molar-refractivity contribution in [2.75, 3.05) is 26.2 Å². The first kappa shape index (κ1) is 16.3. The van der Waals surface area contributed by atoms with E-state index in [1.165, 1.54) is 64.5 Å². The highest BCUT2D eigenvalue weighted by atomic mass is 16.2. The minimum Gasteiger partial charge on any atom is -0.338 e. The molecular formula is C19H34N2O. The molecule has 1 amide bonds. The standard InChI is InChI=1S/C19H34N2O/c1-16-10-13-20(14-11-16)15-18-9-3-2-6-12-21(18)19(22)17-7-4-5-8-17/h16-18H,2-15H2,1H3. The third-order valence-electron chi connectivity index (χ3n) is 6.21. The summed E-state index contributed by atoms with van der Waals surface area (Å²) in [4.78, 5) is 17.9. The molecule has 2 heterocycles. The van der Waals surface area contributed by atoms with Gasteiger partial charge in [0, 0.05) is 25.0 Å². The van der Waals surface area contributed by atoms with Gasteiger partial charge >= 0.3 is 0 Å². The SMILES string of the molecule is CC1CCN(CC2CCCCCN2C(=O)C2CCCC2)CC1. The molecule has 2 aliphatic heterocycles. The monoisotopic (exact) mass is 306 g/mol. The number of carbonyl (C=O) groups is 1. The highest BCUT2D eigenvalue weighted by Crippen LogP contribution is 2.29. The van der Waals surface area contributed by atoms with Crippen molar-refractivity contribution in [3.05, 3.63) is 0 Å². The number of carbonyl (C=O) groups excluding carboxylic acids is 1. The molecule has 0 radical (unpaired) electrons. The second-order valence-corrected chi connectivity index (χ2v) is 8.00. The summed E-state index contributed by atoms with van der Waals surface area (Å²) >= 11 is 0. The summed E-state index contributed by atoms with van der Waals surface area (Å²) in [7, 11) is 0. The van der Waals surface area contributed by atoms with Crippen LogP contribution in [0.15, 0.2) is 0 Å². The molecule has 3 rings (SSSR count). The molecule has 0 spiro atoms. The van der Waals surface area contributed by atoms with Crippen LogP contribution in [0.5, 0.6) is 0 Å². The lowest BCUT2D eigenvalue weighted by Gasteiger charge is -2.38. The van der Waals surface area contributed by atoms with Crippen molar-refractivity contribution in [2.45, 2.75) is 77.2 Å². The molecule has 2 saturated heterocycles. The molecule has 3 heteroatoms. The third-order valence-corrected chi connectivity index (χ3v) is 6.21. The van der Waals surface area contributed by atoms with Crippen molar-refractivity contribution in [2.24, 2.45) is 11.8 Å². The summed E-state index contributed by atoms with van der Waals surface area (Å²) in [5.74, 6) is 1.73. The van der Waals surface area contributed by atoms with E-state index in [1.807, 2.05) is 0 Å². The number of rotatable bonds is 3. The second kappa shape index (κ2) is 7.81. The van der Waals surface area contributed by atoms with Gasteiger partial charge in [-0.2, -0.15) is 0 Å². The van der Waals surface area contributed by atoms with Crippen LogP contribution in [-0.2, 0) is 4.79 Å². The first-order valence-corrected chi connectivity index (χ1v) is 9.77. The Bertz CT molecular complexity index is 356. The first-order chi connectivity index (χ1) is 10.7. The number of hydrogen-bond acceptors (Lipinski definition) is 2. The Kier molecular flexibility index (Phi) is 5.78. The van der Waals surface area contributed by atoms with Crippen molar-refractivity contribution in [3.63, 3.8) is 0 Å². The van der Waals surface area contributed by atoms with Crippen LogP contribution < -0.4 is 0 Å². The van der Waals surface area contributed by atoms with E-state index < -0.39 is 0 Å². The van der Waals surface area contributed by atoms with E-state index in [2.05, 4.69) is 16.7 Å². The van der Waals surface area contributed by atoms with Gasteiger partial charge in [0.25, 0.3) is 0 Å². The highest BCUT2D eigenvalue weighted by Gasteiger charge is 2.33. The zero-order chi connectivity index (χ0) is 15.4. The fourth-order valence-corrected chi connectivity index (χ4v) is 4.61. The van der Waals surface area contributed by atoms with Crippen molar-refractivity contribution in [1.29, 1.82) is 0 Å². The van der Waals surface area contributed by atoms with E-state index in [-0.39, 0.29) is 0 Å². The van der Waals surface area contributed by atoms with Gasteiger partial charge in [-0.1, -0.05) is 32.6 Å². The lowest BCUT2D eigenvalue weighted by Crippen LogP contribution is -2.49. The van der Waals surface area contributed by atoms with Gasteiger partial charge < -0.3 is 9.80 Å². The molecule has 0 aromatic carbocycles. The summed E-state index contributed by atoms with van der Waals surface area (Å²) in [6.07, 6.45) is 12.5. The normalized spacial score (nSPS) is 29.7. The van der Waals surface area contributed by atoms with Crippen LogP contribution in [0.25, 0.3) is 0 Å². The maximum Gasteiger partial charge on any atom is 0.225 e. The lowest BCUT2D eigenvalue weighted by molar-refractivity contribution is -0.138. The Morgan fingerprint density at radius 2 is 1.55 bits per heavy atom. The Morgan fingerprint density at radius 3 is 2.27 bits per heavy atom. The predicted molar refractivity (Wildman–Crippen MR) is 90.8 cm³/mol. The van der Waals surface area contributed by atoms with Gasteiger partial charge in [0.2, 0.25) is 5.91 Å². The quantitative estimate of drug-likeness (QED) is 0.794. The van der Waals surface area contributed by atoms with Gasteiger partial charge in [-0.05, 0) is 57.5 Å². The molecule has 1 unspecified atom stereocenters. The van der Waals surface area contributed by atoms with Crippen molar-refractivity contribution >= 4 is 5.91 Å². The molecule has 0 aromatic heterocycles. The zero-order valence-electron chi connectivity index (χ0n) is 14.4. The first-order valence-electron chi connectivity index (χ1n) is 9.77. The lowest BCUT2D eigenvalue weighted by atomic mass is 9.98. The largest absolute Gasteiger partial charge is 0.338 e. The average molecular weight is 306 g/mol. The van der Waals surface area contributed by atoms with Crippen molar-refractivity contribution in [1.82, 2.24) is 9.80 Å². The van der Waals surface area contributed by atoms with Crippen molar-refractivity contribution < 1.29 is 4.79 Å². The van der Waals surface area contributed by atoms with E-state index in [4.69, 9.17) is 0 Å². The summed E-state index contributed by atoms with van der Waals surface area (Å²) in [5.41, 5.74) is 0. The Morgan fingerprint density at radius 1 is 0.864 bits per heavy atom. The Labute approximate surface area is 136 Å². The van der Waals surface area contributed by atoms with Gasteiger partial charge in [-0.25, -0.2) is 0 Å². The molecule has 1 atom stereocenters. The van der Waals surface area contributed by atoms with E-state index in [0.717, 1.165) is 31.8 Å². The van der Waals surface area contributed by atoms with Crippen LogP contribution in [-0.4, -0.2) is 47.9 Å². The maximum atomic E-state index is 13.0. The number of amides is 1. The van der Waals surface area contributed by atoms with Crippen LogP contribution in [0.1, 0.15) is 71.1 Å². The van der Waals surface area contributed by atoms with Gasteiger partial charge in [0.05, 0.1) is 0 Å².